The number of methoxy groups -OCH3 is 2. The van der Waals surface area contributed by atoms with E-state index in [1.165, 1.54) is 14.2 Å². The molecular formula is C27H26N2O4S. The van der Waals surface area contributed by atoms with Crippen molar-refractivity contribution < 1.29 is 19.1 Å². The van der Waals surface area contributed by atoms with E-state index in [9.17, 15) is 9.59 Å². The van der Waals surface area contributed by atoms with Crippen LogP contribution in [0.2, 0.25) is 0 Å². The Kier molecular flexibility index (Phi) is 6.75. The van der Waals surface area contributed by atoms with Gasteiger partial charge in [0.05, 0.1) is 25.5 Å². The number of hydrogen-bond donors (Lipinski definition) is 0. The van der Waals surface area contributed by atoms with Crippen molar-refractivity contribution in [3.05, 3.63) is 76.3 Å². The highest BCUT2D eigenvalue weighted by Crippen LogP contribution is 2.42. The first kappa shape index (κ1) is 23.6. The SMILES string of the molecule is COC(=O)C1=C(C)N=C(C)C(C(=O)OC)C1c1cccc(-c2nc(-c3ccccc3)c(C)s2)c1. The molecule has 2 atom stereocenters. The molecule has 2 aromatic carbocycles. The summed E-state index contributed by atoms with van der Waals surface area (Å²) in [5.74, 6) is -2.25. The molecule has 2 heterocycles. The largest absolute Gasteiger partial charge is 0.468 e. The van der Waals surface area contributed by atoms with Crippen molar-refractivity contribution in [2.45, 2.75) is 26.7 Å². The molecule has 4 rings (SSSR count). The summed E-state index contributed by atoms with van der Waals surface area (Å²) in [5, 5.41) is 0.870. The highest BCUT2D eigenvalue weighted by Gasteiger charge is 2.42. The van der Waals surface area contributed by atoms with Crippen LogP contribution < -0.4 is 0 Å². The summed E-state index contributed by atoms with van der Waals surface area (Å²) in [4.78, 5) is 36.1. The van der Waals surface area contributed by atoms with Crippen LogP contribution in [0.3, 0.4) is 0 Å². The van der Waals surface area contributed by atoms with Gasteiger partial charge in [-0.25, -0.2) is 9.78 Å². The molecule has 34 heavy (non-hydrogen) atoms. The topological polar surface area (TPSA) is 77.8 Å². The monoisotopic (exact) mass is 474 g/mol. The van der Waals surface area contributed by atoms with E-state index in [1.807, 2.05) is 54.6 Å². The van der Waals surface area contributed by atoms with Crippen LogP contribution in [0.5, 0.6) is 0 Å². The molecular weight excluding hydrogens is 448 g/mol. The van der Waals surface area contributed by atoms with Crippen molar-refractivity contribution in [2.75, 3.05) is 14.2 Å². The minimum absolute atomic E-state index is 0.362. The van der Waals surface area contributed by atoms with Crippen LogP contribution in [0.15, 0.2) is 70.9 Å². The molecule has 0 saturated heterocycles. The zero-order valence-electron chi connectivity index (χ0n) is 19.8. The van der Waals surface area contributed by atoms with E-state index in [1.54, 1.807) is 25.2 Å². The molecule has 7 heteroatoms. The number of ether oxygens (including phenoxy) is 2. The fraction of sp³-hybridized carbons (Fsp3) is 0.259. The number of aryl methyl sites for hydroxylation is 1. The van der Waals surface area contributed by atoms with E-state index < -0.39 is 23.8 Å². The highest BCUT2D eigenvalue weighted by atomic mass is 32.1. The van der Waals surface area contributed by atoms with Crippen molar-refractivity contribution >= 4 is 29.0 Å². The van der Waals surface area contributed by atoms with Crippen LogP contribution in [0.4, 0.5) is 0 Å². The number of aliphatic imine (C=N–C) groups is 1. The smallest absolute Gasteiger partial charge is 0.336 e. The second kappa shape index (κ2) is 9.73. The Hall–Kier alpha value is -3.58. The fourth-order valence-electron chi connectivity index (χ4n) is 4.45. The first-order valence-corrected chi connectivity index (χ1v) is 11.7. The van der Waals surface area contributed by atoms with Crippen molar-refractivity contribution in [1.29, 1.82) is 0 Å². The summed E-state index contributed by atoms with van der Waals surface area (Å²) in [6, 6.07) is 17.9. The van der Waals surface area contributed by atoms with E-state index in [4.69, 9.17) is 14.5 Å². The molecule has 6 nitrogen and oxygen atoms in total. The predicted octanol–water partition coefficient (Wildman–Crippen LogP) is 5.58. The number of carbonyl (C=O) groups is 2. The van der Waals surface area contributed by atoms with Gasteiger partial charge in [0.15, 0.2) is 0 Å². The number of thiazole rings is 1. The second-order valence-electron chi connectivity index (χ2n) is 8.14. The zero-order chi connectivity index (χ0) is 24.4. The quantitative estimate of drug-likeness (QED) is 0.451. The Balaban J connectivity index is 1.82. The normalized spacial score (nSPS) is 17.9. The Morgan fingerprint density at radius 2 is 1.62 bits per heavy atom. The lowest BCUT2D eigenvalue weighted by Crippen LogP contribution is -2.36. The number of esters is 2. The van der Waals surface area contributed by atoms with Gasteiger partial charge in [0.25, 0.3) is 0 Å². The van der Waals surface area contributed by atoms with E-state index >= 15 is 0 Å². The number of hydrogen-bond acceptors (Lipinski definition) is 7. The number of carbonyl (C=O) groups excluding carboxylic acids is 2. The third-order valence-electron chi connectivity index (χ3n) is 6.03. The molecule has 3 aromatic rings. The summed E-state index contributed by atoms with van der Waals surface area (Å²) in [6.45, 7) is 5.60. The zero-order valence-corrected chi connectivity index (χ0v) is 20.6. The lowest BCUT2D eigenvalue weighted by molar-refractivity contribution is -0.143. The van der Waals surface area contributed by atoms with Gasteiger partial charge in [0, 0.05) is 33.3 Å². The van der Waals surface area contributed by atoms with E-state index in [0.717, 1.165) is 32.3 Å². The Bertz CT molecular complexity index is 1310. The molecule has 0 saturated carbocycles. The van der Waals surface area contributed by atoms with Crippen LogP contribution in [0, 0.1) is 12.8 Å². The van der Waals surface area contributed by atoms with Gasteiger partial charge in [0.1, 0.15) is 10.9 Å². The molecule has 1 aromatic heterocycles. The van der Waals surface area contributed by atoms with Gasteiger partial charge in [-0.2, -0.15) is 0 Å². The maximum atomic E-state index is 12.8. The third-order valence-corrected chi connectivity index (χ3v) is 7.05. The van der Waals surface area contributed by atoms with Crippen molar-refractivity contribution in [3.63, 3.8) is 0 Å². The minimum atomic E-state index is -0.726. The van der Waals surface area contributed by atoms with Crippen molar-refractivity contribution in [2.24, 2.45) is 10.9 Å². The molecule has 1 aliphatic rings. The number of aromatic nitrogens is 1. The third kappa shape index (κ3) is 4.31. The summed E-state index contributed by atoms with van der Waals surface area (Å²) in [6.07, 6.45) is 0. The second-order valence-corrected chi connectivity index (χ2v) is 9.34. The molecule has 0 amide bonds. The van der Waals surface area contributed by atoms with E-state index in [2.05, 4.69) is 11.9 Å². The number of rotatable bonds is 5. The molecule has 0 radical (unpaired) electrons. The molecule has 0 spiro atoms. The van der Waals surface area contributed by atoms with Crippen LogP contribution in [0.1, 0.15) is 30.2 Å². The Morgan fingerprint density at radius 1 is 0.912 bits per heavy atom. The van der Waals surface area contributed by atoms with Crippen LogP contribution in [-0.2, 0) is 19.1 Å². The van der Waals surface area contributed by atoms with Crippen LogP contribution in [0.25, 0.3) is 21.8 Å². The van der Waals surface area contributed by atoms with Gasteiger partial charge >= 0.3 is 11.9 Å². The summed E-state index contributed by atoms with van der Waals surface area (Å²) in [5.41, 5.74) is 5.23. The van der Waals surface area contributed by atoms with Gasteiger partial charge in [-0.3, -0.25) is 9.79 Å². The molecule has 0 N–H and O–H groups in total. The Labute approximate surface area is 203 Å². The fourth-order valence-corrected chi connectivity index (χ4v) is 5.39. The van der Waals surface area contributed by atoms with Gasteiger partial charge in [-0.1, -0.05) is 48.5 Å². The number of benzene rings is 2. The van der Waals surface area contributed by atoms with Gasteiger partial charge in [0.2, 0.25) is 0 Å². The van der Waals surface area contributed by atoms with E-state index in [0.29, 0.717) is 17.0 Å². The van der Waals surface area contributed by atoms with Crippen molar-refractivity contribution in [1.82, 2.24) is 4.98 Å². The first-order chi connectivity index (χ1) is 16.3. The lowest BCUT2D eigenvalue weighted by atomic mass is 9.75. The van der Waals surface area contributed by atoms with Crippen LogP contribution in [-0.4, -0.2) is 36.9 Å². The highest BCUT2D eigenvalue weighted by molar-refractivity contribution is 7.15. The first-order valence-electron chi connectivity index (χ1n) is 10.9. The van der Waals surface area contributed by atoms with Gasteiger partial charge < -0.3 is 9.47 Å². The van der Waals surface area contributed by atoms with E-state index in [-0.39, 0.29) is 0 Å². The predicted molar refractivity (Wildman–Crippen MR) is 134 cm³/mol. The molecule has 174 valence electrons. The standard InChI is InChI=1S/C27H26N2O4S/c1-15-21(26(30)32-4)23(22(16(2)28-15)27(31)33-5)19-12-9-13-20(14-19)25-29-24(17(3)34-25)18-10-7-6-8-11-18/h6-14,21,23H,1-5H3. The molecule has 2 unspecified atom stereocenters. The molecule has 0 fully saturated rings. The lowest BCUT2D eigenvalue weighted by Gasteiger charge is -2.31. The van der Waals surface area contributed by atoms with Gasteiger partial charge in [-0.15, -0.1) is 11.3 Å². The number of allylic oxidation sites excluding steroid dienone is 1. The van der Waals surface area contributed by atoms with Crippen molar-refractivity contribution in [3.8, 4) is 21.8 Å². The average Bonchev–Trinajstić information content (AvgIpc) is 3.25. The molecule has 0 aliphatic carbocycles. The molecule has 0 bridgehead atoms. The summed E-state index contributed by atoms with van der Waals surface area (Å²) in [7, 11) is 2.67. The maximum absolute atomic E-state index is 12.8. The number of nitrogens with zero attached hydrogens (tertiary/aromatic N) is 2. The minimum Gasteiger partial charge on any atom is -0.468 e. The summed E-state index contributed by atoms with van der Waals surface area (Å²) >= 11 is 1.61. The summed E-state index contributed by atoms with van der Waals surface area (Å²) < 4.78 is 10.2. The molecule has 1 aliphatic heterocycles. The maximum Gasteiger partial charge on any atom is 0.336 e. The van der Waals surface area contributed by atoms with Gasteiger partial charge in [-0.05, 0) is 32.4 Å². The Morgan fingerprint density at radius 3 is 2.29 bits per heavy atom. The average molecular weight is 475 g/mol. The van der Waals surface area contributed by atoms with Crippen LogP contribution >= 0.6 is 11.3 Å².